The van der Waals surface area contributed by atoms with Crippen molar-refractivity contribution in [3.05, 3.63) is 6.92 Å². The first-order valence-corrected chi connectivity index (χ1v) is 4.47. The van der Waals surface area contributed by atoms with Crippen LogP contribution in [-0.4, -0.2) is 18.7 Å². The van der Waals surface area contributed by atoms with Gasteiger partial charge >= 0.3 is 0 Å². The molecule has 0 fully saturated rings. The van der Waals surface area contributed by atoms with Gasteiger partial charge in [-0.1, -0.05) is 0 Å². The maximum absolute atomic E-state index is 10.6. The van der Waals surface area contributed by atoms with Crippen LogP contribution in [0.2, 0.25) is 0 Å². The van der Waals surface area contributed by atoms with Gasteiger partial charge in [-0.2, -0.15) is 0 Å². The molecule has 0 amide bonds. The molecule has 0 aromatic carbocycles. The van der Waals surface area contributed by atoms with Crippen LogP contribution in [0.4, 0.5) is 0 Å². The lowest BCUT2D eigenvalue weighted by Gasteiger charge is -2.24. The van der Waals surface area contributed by atoms with Crippen LogP contribution >= 0.6 is 8.46 Å². The van der Waals surface area contributed by atoms with E-state index < -0.39 is 5.53 Å². The van der Waals surface area contributed by atoms with Crippen molar-refractivity contribution in [3.8, 4) is 0 Å². The van der Waals surface area contributed by atoms with Crippen molar-refractivity contribution < 1.29 is 14.0 Å². The molecule has 0 aromatic heterocycles. The van der Waals surface area contributed by atoms with Crippen LogP contribution < -0.4 is 0 Å². The molecule has 0 aliphatic heterocycles. The lowest BCUT2D eigenvalue weighted by molar-refractivity contribution is -0.167. The van der Waals surface area contributed by atoms with Crippen LogP contribution in [0, 0.1) is 6.92 Å². The van der Waals surface area contributed by atoms with E-state index in [1.807, 2.05) is 13.8 Å². The van der Waals surface area contributed by atoms with E-state index in [2.05, 4.69) is 6.92 Å². The minimum absolute atomic E-state index is 0.157. The molecule has 0 N–H and O–H groups in total. The van der Waals surface area contributed by atoms with E-state index in [0.29, 0.717) is 19.6 Å². The largest absolute Gasteiger partial charge is 0.341 e. The van der Waals surface area contributed by atoms with Gasteiger partial charge in [-0.25, -0.2) is 0 Å². The number of rotatable bonds is 6. The van der Waals surface area contributed by atoms with Crippen molar-refractivity contribution in [3.63, 3.8) is 0 Å². The van der Waals surface area contributed by atoms with E-state index in [9.17, 15) is 4.57 Å². The molecule has 0 aliphatic rings. The Bertz CT molecular complexity index is 110. The van der Waals surface area contributed by atoms with Gasteiger partial charge in [-0.15, -0.1) is 0 Å². The second-order valence-corrected chi connectivity index (χ2v) is 2.78. The molecular formula is C7H14O3P. The Morgan fingerprint density at radius 3 is 2.00 bits per heavy atom. The monoisotopic (exact) mass is 177 g/mol. The van der Waals surface area contributed by atoms with Crippen molar-refractivity contribution in [2.24, 2.45) is 0 Å². The lowest BCUT2D eigenvalue weighted by atomic mass is 10.4. The summed E-state index contributed by atoms with van der Waals surface area (Å²) in [6.07, 6.45) is 0.347. The maximum Gasteiger partial charge on any atom is 0.251 e. The van der Waals surface area contributed by atoms with Crippen molar-refractivity contribution in [2.75, 3.05) is 13.2 Å². The first-order valence-electron chi connectivity index (χ1n) is 3.66. The van der Waals surface area contributed by atoms with Crippen molar-refractivity contribution in [2.45, 2.75) is 25.8 Å². The molecule has 0 rings (SSSR count). The lowest BCUT2D eigenvalue weighted by Crippen LogP contribution is -2.28. The smallest absolute Gasteiger partial charge is 0.251 e. The van der Waals surface area contributed by atoms with Crippen molar-refractivity contribution >= 4 is 8.46 Å². The molecule has 3 nitrogen and oxygen atoms in total. The highest BCUT2D eigenvalue weighted by atomic mass is 31.1. The highest BCUT2D eigenvalue weighted by molar-refractivity contribution is 7.25. The Balaban J connectivity index is 4.07. The first-order chi connectivity index (χ1) is 5.24. The van der Waals surface area contributed by atoms with E-state index >= 15 is 0 Å². The Labute approximate surface area is 69.3 Å². The topological polar surface area (TPSA) is 35.5 Å². The van der Waals surface area contributed by atoms with Crippen molar-refractivity contribution in [1.82, 2.24) is 0 Å². The minimum atomic E-state index is -1.01. The average Bonchev–Trinajstić information content (AvgIpc) is 2.04. The van der Waals surface area contributed by atoms with Gasteiger partial charge in [0.25, 0.3) is 5.53 Å². The summed E-state index contributed by atoms with van der Waals surface area (Å²) in [5.74, 6) is 0. The molecule has 0 saturated heterocycles. The third-order valence-electron chi connectivity index (χ3n) is 1.19. The van der Waals surface area contributed by atoms with Crippen LogP contribution in [0.3, 0.4) is 0 Å². The van der Waals surface area contributed by atoms with Gasteiger partial charge in [-0.3, -0.25) is 4.57 Å². The zero-order valence-corrected chi connectivity index (χ0v) is 7.89. The molecule has 4 heteroatoms. The SMILES string of the molecule is [CH2]CC(OCC)(OCC)P=O. The van der Waals surface area contributed by atoms with E-state index in [4.69, 9.17) is 9.47 Å². The minimum Gasteiger partial charge on any atom is -0.341 e. The van der Waals surface area contributed by atoms with Gasteiger partial charge in [-0.05, 0) is 20.8 Å². The van der Waals surface area contributed by atoms with Crippen LogP contribution in [-0.2, 0) is 14.0 Å². The molecule has 1 radical (unpaired) electrons. The third kappa shape index (κ3) is 3.28. The van der Waals surface area contributed by atoms with E-state index in [0.717, 1.165) is 0 Å². The highest BCUT2D eigenvalue weighted by Crippen LogP contribution is 2.29. The number of hydrogen-bond donors (Lipinski definition) is 0. The fourth-order valence-electron chi connectivity index (χ4n) is 0.735. The average molecular weight is 177 g/mol. The van der Waals surface area contributed by atoms with Gasteiger partial charge in [0.1, 0.15) is 0 Å². The molecule has 0 aliphatic carbocycles. The Hall–Kier alpha value is 0.0200. The quantitative estimate of drug-likeness (QED) is 0.461. The van der Waals surface area contributed by atoms with Crippen molar-refractivity contribution in [1.29, 1.82) is 0 Å². The molecule has 65 valence electrons. The standard InChI is InChI=1S/C7H14O3P/c1-4-7(11-8,9-5-2)10-6-3/h1,4-6H2,2-3H3. The fraction of sp³-hybridized carbons (Fsp3) is 0.857. The predicted octanol–water partition coefficient (Wildman–Crippen LogP) is 2.23. The molecule has 0 saturated carbocycles. The second kappa shape index (κ2) is 5.64. The Morgan fingerprint density at radius 2 is 1.82 bits per heavy atom. The molecule has 0 unspecified atom stereocenters. The van der Waals surface area contributed by atoms with E-state index in [1.165, 1.54) is 0 Å². The van der Waals surface area contributed by atoms with Crippen LogP contribution in [0.15, 0.2) is 0 Å². The summed E-state index contributed by atoms with van der Waals surface area (Å²) in [7, 11) is -0.157. The highest BCUT2D eigenvalue weighted by Gasteiger charge is 2.29. The molecule has 0 atom stereocenters. The predicted molar refractivity (Wildman–Crippen MR) is 43.6 cm³/mol. The Morgan fingerprint density at radius 1 is 1.36 bits per heavy atom. The normalized spacial score (nSPS) is 12.3. The fourth-order valence-corrected chi connectivity index (χ4v) is 1.19. The number of hydrogen-bond acceptors (Lipinski definition) is 3. The van der Waals surface area contributed by atoms with Crippen LogP contribution in [0.5, 0.6) is 0 Å². The first kappa shape index (κ1) is 11.0. The summed E-state index contributed by atoms with van der Waals surface area (Å²) >= 11 is 0. The van der Waals surface area contributed by atoms with Gasteiger partial charge in [0.2, 0.25) is 8.46 Å². The van der Waals surface area contributed by atoms with Gasteiger partial charge in [0.15, 0.2) is 0 Å². The number of ether oxygens (including phenoxy) is 2. The Kier molecular flexibility index (Phi) is 5.65. The zero-order chi connectivity index (χ0) is 8.74. The summed E-state index contributed by atoms with van der Waals surface area (Å²) in [5, 5.41) is 0. The summed E-state index contributed by atoms with van der Waals surface area (Å²) < 4.78 is 21.0. The van der Waals surface area contributed by atoms with E-state index in [-0.39, 0.29) is 8.46 Å². The molecule has 0 heterocycles. The zero-order valence-electron chi connectivity index (χ0n) is 7.00. The molecular weight excluding hydrogens is 163 g/mol. The third-order valence-corrected chi connectivity index (χ3v) is 1.95. The van der Waals surface area contributed by atoms with Gasteiger partial charge in [0, 0.05) is 19.6 Å². The summed E-state index contributed by atoms with van der Waals surface area (Å²) in [4.78, 5) is 0. The second-order valence-electron chi connectivity index (χ2n) is 1.92. The van der Waals surface area contributed by atoms with Crippen LogP contribution in [0.25, 0.3) is 0 Å². The maximum atomic E-state index is 10.6. The van der Waals surface area contributed by atoms with Gasteiger partial charge in [0.05, 0.1) is 0 Å². The van der Waals surface area contributed by atoms with Crippen LogP contribution in [0.1, 0.15) is 20.3 Å². The van der Waals surface area contributed by atoms with Gasteiger partial charge < -0.3 is 9.47 Å². The molecule has 0 bridgehead atoms. The van der Waals surface area contributed by atoms with E-state index in [1.54, 1.807) is 0 Å². The summed E-state index contributed by atoms with van der Waals surface area (Å²) in [6.45, 7) is 8.22. The summed E-state index contributed by atoms with van der Waals surface area (Å²) in [6, 6.07) is 0. The summed E-state index contributed by atoms with van der Waals surface area (Å²) in [5.41, 5.74) is -1.01. The molecule has 0 aromatic rings. The molecule has 0 spiro atoms. The molecule has 11 heavy (non-hydrogen) atoms.